The van der Waals surface area contributed by atoms with E-state index in [4.69, 9.17) is 16.4 Å². The van der Waals surface area contributed by atoms with Crippen LogP contribution in [-0.2, 0) is 0 Å². The summed E-state index contributed by atoms with van der Waals surface area (Å²) >= 11 is 0. The maximum absolute atomic E-state index is 5.73. The average molecular weight is 664 g/mol. The number of para-hydroxylation sites is 3. The Bertz CT molecular complexity index is 3240. The van der Waals surface area contributed by atoms with Gasteiger partial charge in [0.25, 0.3) is 0 Å². The molecule has 11 aromatic rings. The molecule has 0 saturated heterocycles. The molecule has 0 N–H and O–H groups in total. The van der Waals surface area contributed by atoms with Gasteiger partial charge >= 0.3 is 0 Å². The molecule has 52 heavy (non-hydrogen) atoms. The van der Waals surface area contributed by atoms with E-state index in [0.717, 1.165) is 61.2 Å². The number of fused-ring (bicyclic) bond motifs is 9. The predicted octanol–water partition coefficient (Wildman–Crippen LogP) is 11.3. The van der Waals surface area contributed by atoms with Crippen LogP contribution in [0.3, 0.4) is 0 Å². The molecular weight excluding hydrogens is 635 g/mol. The van der Waals surface area contributed by atoms with Crippen molar-refractivity contribution in [2.24, 2.45) is 0 Å². The van der Waals surface area contributed by atoms with Gasteiger partial charge in [-0.1, -0.05) is 115 Å². The van der Waals surface area contributed by atoms with Crippen LogP contribution in [-0.4, -0.2) is 23.3 Å². The highest BCUT2D eigenvalue weighted by Crippen LogP contribution is 2.46. The summed E-state index contributed by atoms with van der Waals surface area (Å²) in [6.07, 6.45) is 9.60. The Hall–Kier alpha value is -7.16. The van der Waals surface area contributed by atoms with Crippen molar-refractivity contribution < 1.29 is 0 Å². The Balaban J connectivity index is 1.38. The highest BCUT2D eigenvalue weighted by Gasteiger charge is 2.26. The Labute approximate surface area is 298 Å². The van der Waals surface area contributed by atoms with Crippen molar-refractivity contribution in [3.05, 3.63) is 157 Å². The van der Waals surface area contributed by atoms with Crippen LogP contribution in [0.1, 0.15) is 11.3 Å². The van der Waals surface area contributed by atoms with Gasteiger partial charge in [0.15, 0.2) is 0 Å². The number of hydrogen-bond acceptors (Lipinski definition) is 2. The van der Waals surface area contributed by atoms with Crippen molar-refractivity contribution in [3.8, 4) is 40.8 Å². The molecule has 0 fully saturated rings. The largest absolute Gasteiger partial charge is 0.309 e. The Morgan fingerprint density at radius 3 is 1.83 bits per heavy atom. The lowest BCUT2D eigenvalue weighted by molar-refractivity contribution is 0.995. The quantitative estimate of drug-likeness (QED) is 0.139. The predicted molar refractivity (Wildman–Crippen MR) is 215 cm³/mol. The van der Waals surface area contributed by atoms with Crippen LogP contribution in [0.25, 0.3) is 100 Å². The Kier molecular flexibility index (Phi) is 5.88. The minimum atomic E-state index is 0.630. The molecule has 5 heterocycles. The summed E-state index contributed by atoms with van der Waals surface area (Å²) < 4.78 is 7.16. The molecular formula is C47H29N5. The molecule has 0 amide bonds. The van der Waals surface area contributed by atoms with E-state index in [9.17, 15) is 0 Å². The number of allylic oxidation sites excluding steroid dienone is 1. The van der Waals surface area contributed by atoms with E-state index in [1.54, 1.807) is 6.08 Å². The van der Waals surface area contributed by atoms with Gasteiger partial charge in [-0.05, 0) is 49.4 Å². The SMILES string of the molecule is C#C/C=C\c1c(C)n2c3cc4c(c5ccccc5n4-c4nc(-c5ccccc5)cc(-c5ccccc5)n4)c4c5ccccc5n(c5cccc1c52)c43. The van der Waals surface area contributed by atoms with Gasteiger partial charge in [-0.3, -0.25) is 4.57 Å². The fraction of sp³-hybridized carbons (Fsp3) is 0.0213. The second-order valence-corrected chi connectivity index (χ2v) is 13.4. The maximum Gasteiger partial charge on any atom is 0.235 e. The summed E-state index contributed by atoms with van der Waals surface area (Å²) in [5.41, 5.74) is 14.0. The van der Waals surface area contributed by atoms with E-state index < -0.39 is 0 Å². The zero-order valence-electron chi connectivity index (χ0n) is 28.2. The fourth-order valence-electron chi connectivity index (χ4n) is 8.57. The Morgan fingerprint density at radius 2 is 1.13 bits per heavy atom. The lowest BCUT2D eigenvalue weighted by atomic mass is 10.0. The number of benzene rings is 6. The Morgan fingerprint density at radius 1 is 0.538 bits per heavy atom. The molecule has 0 atom stereocenters. The lowest BCUT2D eigenvalue weighted by Crippen LogP contribution is -2.04. The van der Waals surface area contributed by atoms with Crippen LogP contribution in [0.5, 0.6) is 0 Å². The van der Waals surface area contributed by atoms with Crippen molar-refractivity contribution in [1.82, 2.24) is 23.3 Å². The van der Waals surface area contributed by atoms with E-state index in [0.29, 0.717) is 5.95 Å². The third-order valence-electron chi connectivity index (χ3n) is 10.7. The van der Waals surface area contributed by atoms with Crippen LogP contribution >= 0.6 is 0 Å². The minimum absolute atomic E-state index is 0.630. The second-order valence-electron chi connectivity index (χ2n) is 13.4. The fourth-order valence-corrected chi connectivity index (χ4v) is 8.57. The molecule has 0 aliphatic heterocycles. The van der Waals surface area contributed by atoms with Gasteiger partial charge in [-0.15, -0.1) is 6.42 Å². The van der Waals surface area contributed by atoms with Crippen LogP contribution < -0.4 is 0 Å². The van der Waals surface area contributed by atoms with E-state index in [-0.39, 0.29) is 0 Å². The zero-order valence-corrected chi connectivity index (χ0v) is 28.2. The van der Waals surface area contributed by atoms with Crippen LogP contribution in [0.15, 0.2) is 146 Å². The topological polar surface area (TPSA) is 39.5 Å². The molecule has 11 rings (SSSR count). The monoisotopic (exact) mass is 663 g/mol. The first-order chi connectivity index (χ1) is 25.7. The van der Waals surface area contributed by atoms with Gasteiger partial charge in [-0.25, -0.2) is 9.97 Å². The van der Waals surface area contributed by atoms with E-state index >= 15 is 0 Å². The first-order valence-corrected chi connectivity index (χ1v) is 17.5. The zero-order chi connectivity index (χ0) is 34.5. The number of rotatable bonds is 4. The molecule has 0 saturated carbocycles. The molecule has 0 aliphatic rings. The number of nitrogens with zero attached hydrogens (tertiary/aromatic N) is 5. The third-order valence-corrected chi connectivity index (χ3v) is 10.7. The highest BCUT2D eigenvalue weighted by atomic mass is 15.2. The van der Waals surface area contributed by atoms with Gasteiger partial charge in [-0.2, -0.15) is 0 Å². The maximum atomic E-state index is 5.73. The van der Waals surface area contributed by atoms with Crippen molar-refractivity contribution in [1.29, 1.82) is 0 Å². The number of aryl methyl sites for hydroxylation is 1. The normalized spacial score (nSPS) is 12.2. The lowest BCUT2D eigenvalue weighted by Gasteiger charge is -2.14. The summed E-state index contributed by atoms with van der Waals surface area (Å²) in [5.74, 6) is 3.34. The van der Waals surface area contributed by atoms with Crippen molar-refractivity contribution >= 4 is 71.6 Å². The molecule has 5 aromatic heterocycles. The first kappa shape index (κ1) is 28.7. The second kappa shape index (κ2) is 10.7. The average Bonchev–Trinajstić information content (AvgIpc) is 3.82. The summed E-state index contributed by atoms with van der Waals surface area (Å²) in [7, 11) is 0. The summed E-state index contributed by atoms with van der Waals surface area (Å²) in [4.78, 5) is 10.7. The number of aromatic nitrogens is 5. The van der Waals surface area contributed by atoms with E-state index in [1.807, 2.05) is 12.1 Å². The molecule has 5 nitrogen and oxygen atoms in total. The van der Waals surface area contributed by atoms with Gasteiger partial charge < -0.3 is 8.80 Å². The summed E-state index contributed by atoms with van der Waals surface area (Å²) in [6.45, 7) is 2.20. The van der Waals surface area contributed by atoms with Crippen molar-refractivity contribution in [2.75, 3.05) is 0 Å². The minimum Gasteiger partial charge on any atom is -0.309 e. The smallest absolute Gasteiger partial charge is 0.235 e. The van der Waals surface area contributed by atoms with Gasteiger partial charge in [0.05, 0.1) is 50.0 Å². The van der Waals surface area contributed by atoms with Crippen LogP contribution in [0.4, 0.5) is 0 Å². The van der Waals surface area contributed by atoms with Crippen LogP contribution in [0.2, 0.25) is 0 Å². The summed E-state index contributed by atoms with van der Waals surface area (Å²) in [6, 6.07) is 49.3. The van der Waals surface area contributed by atoms with Gasteiger partial charge in [0.1, 0.15) is 0 Å². The number of terminal acetylenes is 1. The molecule has 0 radical (unpaired) electrons. The molecule has 0 spiro atoms. The molecule has 0 unspecified atom stereocenters. The molecule has 5 heteroatoms. The van der Waals surface area contributed by atoms with E-state index in [1.165, 1.54) is 38.1 Å². The standard InChI is InChI=1S/C47H29N5/c1-3-4-20-32-29(2)50-42-28-41-43(44-35-22-12-13-24-38(35)51(46(42)44)40-26-15-23-33(32)45(40)50)34-21-11-14-25-39(34)52(41)47-48-36(30-16-7-5-8-17-30)27-37(49-47)31-18-9-6-10-19-31/h1,4-28H,2H3/b20-4-. The van der Waals surface area contributed by atoms with Crippen molar-refractivity contribution in [2.45, 2.75) is 6.92 Å². The molecule has 6 aromatic carbocycles. The van der Waals surface area contributed by atoms with Gasteiger partial charge in [0, 0.05) is 49.3 Å². The van der Waals surface area contributed by atoms with Crippen LogP contribution in [0, 0.1) is 19.3 Å². The van der Waals surface area contributed by atoms with Gasteiger partial charge in [0.2, 0.25) is 5.95 Å². The molecule has 0 aliphatic carbocycles. The third kappa shape index (κ3) is 3.78. The number of hydrogen-bond donors (Lipinski definition) is 0. The van der Waals surface area contributed by atoms with Crippen molar-refractivity contribution in [3.63, 3.8) is 0 Å². The molecule has 0 bridgehead atoms. The highest BCUT2D eigenvalue weighted by molar-refractivity contribution is 6.32. The first-order valence-electron chi connectivity index (χ1n) is 17.5. The molecule has 242 valence electrons. The van der Waals surface area contributed by atoms with E-state index in [2.05, 4.69) is 160 Å². The summed E-state index contributed by atoms with van der Waals surface area (Å²) in [5, 5.41) is 5.95.